The van der Waals surface area contributed by atoms with Crippen LogP contribution < -0.4 is 0 Å². The second-order valence-electron chi connectivity index (χ2n) is 3.28. The van der Waals surface area contributed by atoms with Crippen LogP contribution in [0.15, 0.2) is 0 Å². The molecule has 6 nitrogen and oxygen atoms in total. The van der Waals surface area contributed by atoms with Crippen molar-refractivity contribution in [1.82, 2.24) is 15.0 Å². The number of carbonyl (C=O) groups is 1. The first-order chi connectivity index (χ1) is 7.06. The van der Waals surface area contributed by atoms with Gasteiger partial charge in [-0.2, -0.15) is 0 Å². The number of nitrogens with zero attached hydrogens (tertiary/aromatic N) is 3. The molecule has 1 rings (SSSR count). The number of hydrogen-bond donors (Lipinski definition) is 1. The lowest BCUT2D eigenvalue weighted by Gasteiger charge is -2.05. The van der Waals surface area contributed by atoms with E-state index in [1.54, 1.807) is 20.8 Å². The summed E-state index contributed by atoms with van der Waals surface area (Å²) in [6.07, 6.45) is -0.527. The molecule has 6 heteroatoms. The molecular formula is C9H15N3O3. The Hall–Kier alpha value is -1.43. The smallest absolute Gasteiger partial charge is 0.360 e. The van der Waals surface area contributed by atoms with Crippen LogP contribution in [0.4, 0.5) is 0 Å². The third-order valence-electron chi connectivity index (χ3n) is 1.89. The first-order valence-electron chi connectivity index (χ1n) is 4.81. The quantitative estimate of drug-likeness (QED) is 0.720. The molecule has 84 valence electrons. The average molecular weight is 213 g/mol. The summed E-state index contributed by atoms with van der Waals surface area (Å²) < 4.78 is 6.29. The highest BCUT2D eigenvalue weighted by molar-refractivity contribution is 5.88. The van der Waals surface area contributed by atoms with Crippen molar-refractivity contribution in [2.75, 3.05) is 6.61 Å². The van der Waals surface area contributed by atoms with E-state index in [1.165, 1.54) is 4.68 Å². The van der Waals surface area contributed by atoms with Gasteiger partial charge in [-0.15, -0.1) is 5.10 Å². The molecule has 1 heterocycles. The van der Waals surface area contributed by atoms with Crippen LogP contribution in [0.3, 0.4) is 0 Å². The molecule has 0 aliphatic rings. The lowest BCUT2D eigenvalue weighted by Crippen LogP contribution is -2.15. The first-order valence-corrected chi connectivity index (χ1v) is 4.81. The number of hydrogen-bond acceptors (Lipinski definition) is 5. The van der Waals surface area contributed by atoms with E-state index < -0.39 is 12.1 Å². The number of aliphatic hydroxyl groups excluding tert-OH is 1. The molecule has 0 amide bonds. The highest BCUT2D eigenvalue weighted by Gasteiger charge is 2.17. The number of carbonyl (C=O) groups excluding carboxylic acids is 1. The third-order valence-corrected chi connectivity index (χ3v) is 1.89. The fraction of sp³-hybridized carbons (Fsp3) is 0.667. The molecule has 1 atom stereocenters. The van der Waals surface area contributed by atoms with E-state index in [4.69, 9.17) is 4.74 Å². The highest BCUT2D eigenvalue weighted by atomic mass is 16.5. The Labute approximate surface area is 87.9 Å². The van der Waals surface area contributed by atoms with Crippen LogP contribution in [0.5, 0.6) is 0 Å². The zero-order valence-corrected chi connectivity index (χ0v) is 9.10. The van der Waals surface area contributed by atoms with Crippen molar-refractivity contribution in [1.29, 1.82) is 0 Å². The molecule has 1 N–H and O–H groups in total. The van der Waals surface area contributed by atoms with Gasteiger partial charge in [0.1, 0.15) is 0 Å². The minimum Gasteiger partial charge on any atom is -0.461 e. The van der Waals surface area contributed by atoms with Gasteiger partial charge >= 0.3 is 5.97 Å². The SMILES string of the molecule is CCOC(=O)c1nnn(CC(C)O)c1C. The fourth-order valence-electron chi connectivity index (χ4n) is 1.17. The lowest BCUT2D eigenvalue weighted by atomic mass is 10.3. The highest BCUT2D eigenvalue weighted by Crippen LogP contribution is 2.06. The van der Waals surface area contributed by atoms with E-state index >= 15 is 0 Å². The van der Waals surface area contributed by atoms with Crippen LogP contribution in [-0.4, -0.2) is 38.8 Å². The minimum absolute atomic E-state index is 0.206. The Morgan fingerprint density at radius 3 is 2.87 bits per heavy atom. The third kappa shape index (κ3) is 2.76. The number of ether oxygens (including phenoxy) is 1. The second-order valence-corrected chi connectivity index (χ2v) is 3.28. The van der Waals surface area contributed by atoms with Crippen LogP contribution in [0, 0.1) is 6.92 Å². The van der Waals surface area contributed by atoms with Crippen LogP contribution in [0.1, 0.15) is 30.0 Å². The number of rotatable bonds is 4. The lowest BCUT2D eigenvalue weighted by molar-refractivity contribution is 0.0518. The molecule has 1 aromatic rings. The molecule has 0 saturated carbocycles. The van der Waals surface area contributed by atoms with Gasteiger partial charge in [0.15, 0.2) is 5.69 Å². The maximum atomic E-state index is 11.4. The number of aliphatic hydroxyl groups is 1. The van der Waals surface area contributed by atoms with E-state index in [2.05, 4.69) is 10.3 Å². The summed E-state index contributed by atoms with van der Waals surface area (Å²) in [6, 6.07) is 0. The Morgan fingerprint density at radius 1 is 1.67 bits per heavy atom. The van der Waals surface area contributed by atoms with Crippen LogP contribution in [0.25, 0.3) is 0 Å². The summed E-state index contributed by atoms with van der Waals surface area (Å²) in [5.41, 5.74) is 0.812. The summed E-state index contributed by atoms with van der Waals surface area (Å²) in [5.74, 6) is -0.480. The number of aromatic nitrogens is 3. The summed E-state index contributed by atoms with van der Waals surface area (Å²) in [6.45, 7) is 5.72. The van der Waals surface area contributed by atoms with Gasteiger partial charge in [0.05, 0.1) is 24.9 Å². The molecule has 0 radical (unpaired) electrons. The molecule has 0 spiro atoms. The van der Waals surface area contributed by atoms with E-state index in [-0.39, 0.29) is 5.69 Å². The fourth-order valence-corrected chi connectivity index (χ4v) is 1.17. The molecule has 0 fully saturated rings. The molecule has 0 saturated heterocycles. The second kappa shape index (κ2) is 4.88. The summed E-state index contributed by atoms with van der Waals surface area (Å²) in [7, 11) is 0. The largest absolute Gasteiger partial charge is 0.461 e. The predicted molar refractivity (Wildman–Crippen MR) is 52.4 cm³/mol. The standard InChI is InChI=1S/C9H15N3O3/c1-4-15-9(14)8-7(3)12(11-10-8)5-6(2)13/h6,13H,4-5H2,1-3H3. The van der Waals surface area contributed by atoms with Gasteiger partial charge in [-0.05, 0) is 20.8 Å². The Kier molecular flexibility index (Phi) is 3.79. The van der Waals surface area contributed by atoms with E-state index in [0.29, 0.717) is 18.8 Å². The van der Waals surface area contributed by atoms with Crippen molar-refractivity contribution in [3.8, 4) is 0 Å². The molecule has 0 aliphatic carbocycles. The van der Waals surface area contributed by atoms with Crippen molar-refractivity contribution in [2.24, 2.45) is 0 Å². The van der Waals surface area contributed by atoms with Crippen molar-refractivity contribution >= 4 is 5.97 Å². The van der Waals surface area contributed by atoms with Crippen LogP contribution in [0.2, 0.25) is 0 Å². The van der Waals surface area contributed by atoms with Gasteiger partial charge in [-0.3, -0.25) is 0 Å². The normalized spacial score (nSPS) is 12.5. The molecule has 0 aliphatic heterocycles. The molecule has 1 aromatic heterocycles. The zero-order valence-electron chi connectivity index (χ0n) is 9.10. The van der Waals surface area contributed by atoms with Crippen molar-refractivity contribution in [2.45, 2.75) is 33.4 Å². The summed E-state index contributed by atoms with van der Waals surface area (Å²) in [5, 5.41) is 16.7. The Bertz CT molecular complexity index is 346. The van der Waals surface area contributed by atoms with Gasteiger partial charge in [-0.1, -0.05) is 5.21 Å². The van der Waals surface area contributed by atoms with Gasteiger partial charge in [0.2, 0.25) is 0 Å². The molecular weight excluding hydrogens is 198 g/mol. The van der Waals surface area contributed by atoms with Gasteiger partial charge in [0.25, 0.3) is 0 Å². The Balaban J connectivity index is 2.84. The van der Waals surface area contributed by atoms with Gasteiger partial charge < -0.3 is 9.84 Å². The van der Waals surface area contributed by atoms with Crippen molar-refractivity contribution < 1.29 is 14.6 Å². The predicted octanol–water partition coefficient (Wildman–Crippen LogP) is 0.144. The average Bonchev–Trinajstić information content (AvgIpc) is 2.48. The Morgan fingerprint density at radius 2 is 2.33 bits per heavy atom. The van der Waals surface area contributed by atoms with E-state index in [9.17, 15) is 9.90 Å². The number of esters is 1. The van der Waals surface area contributed by atoms with Crippen molar-refractivity contribution in [3.63, 3.8) is 0 Å². The first kappa shape index (κ1) is 11.6. The maximum Gasteiger partial charge on any atom is 0.360 e. The zero-order chi connectivity index (χ0) is 11.4. The monoisotopic (exact) mass is 213 g/mol. The maximum absolute atomic E-state index is 11.4. The van der Waals surface area contributed by atoms with Crippen molar-refractivity contribution in [3.05, 3.63) is 11.4 Å². The summed E-state index contributed by atoms with van der Waals surface area (Å²) >= 11 is 0. The van der Waals surface area contributed by atoms with Crippen LogP contribution in [-0.2, 0) is 11.3 Å². The summed E-state index contributed by atoms with van der Waals surface area (Å²) in [4.78, 5) is 11.4. The minimum atomic E-state index is -0.527. The van der Waals surface area contributed by atoms with Gasteiger partial charge in [-0.25, -0.2) is 9.48 Å². The van der Waals surface area contributed by atoms with Gasteiger partial charge in [0, 0.05) is 0 Å². The topological polar surface area (TPSA) is 77.2 Å². The molecule has 1 unspecified atom stereocenters. The molecule has 15 heavy (non-hydrogen) atoms. The van der Waals surface area contributed by atoms with Crippen LogP contribution >= 0.6 is 0 Å². The molecule has 0 aromatic carbocycles. The van der Waals surface area contributed by atoms with E-state index in [1.807, 2.05) is 0 Å². The molecule has 0 bridgehead atoms. The van der Waals surface area contributed by atoms with E-state index in [0.717, 1.165) is 0 Å².